The Morgan fingerprint density at radius 3 is 2.42 bits per heavy atom. The molecular weight excluding hydrogens is 304 g/mol. The molecule has 1 aliphatic rings. The molecule has 2 rings (SSSR count). The number of rotatable bonds is 8. The van der Waals surface area contributed by atoms with Crippen LogP contribution in [0.1, 0.15) is 31.9 Å². The zero-order valence-corrected chi connectivity index (χ0v) is 15.0. The lowest BCUT2D eigenvalue weighted by Gasteiger charge is -2.24. The minimum atomic E-state index is -0.680. The molecule has 0 heterocycles. The summed E-state index contributed by atoms with van der Waals surface area (Å²) in [6.45, 7) is 7.98. The maximum absolute atomic E-state index is 11.9. The molecule has 1 aliphatic carbocycles. The fourth-order valence-corrected chi connectivity index (χ4v) is 3.07. The van der Waals surface area contributed by atoms with E-state index in [-0.39, 0.29) is 24.6 Å². The van der Waals surface area contributed by atoms with Crippen LogP contribution in [0.3, 0.4) is 0 Å². The summed E-state index contributed by atoms with van der Waals surface area (Å²) >= 11 is 0. The van der Waals surface area contributed by atoms with Gasteiger partial charge in [-0.05, 0) is 35.3 Å². The standard InChI is InChI=1S/C19H30N2O3/c1-14(2)11-24-12-17(22)10-20-18(23)21-13-19(3)8-15-6-4-5-7-16(15)9-19/h4-7,14,17,22H,8-13H2,1-3H3,(H2,20,21,23). The molecular formula is C19H30N2O3. The molecule has 2 amide bonds. The molecule has 0 aromatic heterocycles. The summed E-state index contributed by atoms with van der Waals surface area (Å²) in [4.78, 5) is 11.9. The largest absolute Gasteiger partial charge is 0.389 e. The molecule has 5 heteroatoms. The molecule has 1 aromatic carbocycles. The first-order valence-electron chi connectivity index (χ1n) is 8.72. The average Bonchev–Trinajstić information content (AvgIpc) is 2.87. The lowest BCUT2D eigenvalue weighted by molar-refractivity contribution is 0.0272. The summed E-state index contributed by atoms with van der Waals surface area (Å²) in [6, 6.07) is 8.21. The van der Waals surface area contributed by atoms with Crippen molar-refractivity contribution in [1.82, 2.24) is 10.6 Å². The van der Waals surface area contributed by atoms with Gasteiger partial charge in [0.1, 0.15) is 0 Å². The van der Waals surface area contributed by atoms with Crippen LogP contribution in [0.25, 0.3) is 0 Å². The molecule has 0 saturated heterocycles. The van der Waals surface area contributed by atoms with Gasteiger partial charge in [-0.25, -0.2) is 4.79 Å². The van der Waals surface area contributed by atoms with Gasteiger partial charge in [-0.3, -0.25) is 0 Å². The minimum Gasteiger partial charge on any atom is -0.389 e. The molecule has 1 aromatic rings. The van der Waals surface area contributed by atoms with E-state index in [9.17, 15) is 9.90 Å². The molecule has 5 nitrogen and oxygen atoms in total. The van der Waals surface area contributed by atoms with E-state index in [4.69, 9.17) is 4.74 Å². The lowest BCUT2D eigenvalue weighted by atomic mass is 9.87. The summed E-state index contributed by atoms with van der Waals surface area (Å²) in [7, 11) is 0. The van der Waals surface area contributed by atoms with E-state index in [2.05, 4.69) is 55.7 Å². The van der Waals surface area contributed by atoms with Crippen molar-refractivity contribution in [3.63, 3.8) is 0 Å². The highest BCUT2D eigenvalue weighted by Gasteiger charge is 2.32. The van der Waals surface area contributed by atoms with Crippen molar-refractivity contribution in [2.24, 2.45) is 11.3 Å². The summed E-state index contributed by atoms with van der Waals surface area (Å²) in [6.07, 6.45) is 1.28. The first kappa shape index (κ1) is 18.7. The first-order chi connectivity index (χ1) is 11.4. The number of fused-ring (bicyclic) bond motifs is 1. The molecule has 0 aliphatic heterocycles. The zero-order chi connectivity index (χ0) is 17.6. The molecule has 3 N–H and O–H groups in total. The molecule has 134 valence electrons. The van der Waals surface area contributed by atoms with E-state index < -0.39 is 6.10 Å². The Morgan fingerprint density at radius 1 is 1.21 bits per heavy atom. The van der Waals surface area contributed by atoms with E-state index in [0.717, 1.165) is 12.8 Å². The van der Waals surface area contributed by atoms with Crippen molar-refractivity contribution >= 4 is 6.03 Å². The molecule has 1 atom stereocenters. The van der Waals surface area contributed by atoms with Gasteiger partial charge in [0.05, 0.1) is 12.7 Å². The lowest BCUT2D eigenvalue weighted by Crippen LogP contribution is -2.44. The topological polar surface area (TPSA) is 70.6 Å². The van der Waals surface area contributed by atoms with Gasteiger partial charge in [0, 0.05) is 19.7 Å². The van der Waals surface area contributed by atoms with E-state index in [1.165, 1.54) is 11.1 Å². The summed E-state index contributed by atoms with van der Waals surface area (Å²) in [5.74, 6) is 0.435. The molecule has 0 radical (unpaired) electrons. The number of benzene rings is 1. The predicted molar refractivity (Wildman–Crippen MR) is 95.0 cm³/mol. The number of nitrogens with one attached hydrogen (secondary N) is 2. The van der Waals surface area contributed by atoms with Crippen LogP contribution in [-0.4, -0.2) is 43.5 Å². The van der Waals surface area contributed by atoms with Crippen LogP contribution >= 0.6 is 0 Å². The number of aliphatic hydroxyl groups excluding tert-OH is 1. The van der Waals surface area contributed by atoms with Crippen molar-refractivity contribution in [3.05, 3.63) is 35.4 Å². The quantitative estimate of drug-likeness (QED) is 0.682. The summed E-state index contributed by atoms with van der Waals surface area (Å²) in [5, 5.41) is 15.4. The molecule has 0 spiro atoms. The molecule has 0 saturated carbocycles. The van der Waals surface area contributed by atoms with Gasteiger partial charge in [-0.2, -0.15) is 0 Å². The van der Waals surface area contributed by atoms with Gasteiger partial charge < -0.3 is 20.5 Å². The van der Waals surface area contributed by atoms with E-state index >= 15 is 0 Å². The Hall–Kier alpha value is -1.59. The molecule has 0 fully saturated rings. The summed E-state index contributed by atoms with van der Waals surface area (Å²) < 4.78 is 5.36. The number of aliphatic hydroxyl groups is 1. The maximum Gasteiger partial charge on any atom is 0.314 e. The van der Waals surface area contributed by atoms with E-state index in [1.807, 2.05) is 0 Å². The highest BCUT2D eigenvalue weighted by atomic mass is 16.5. The van der Waals surface area contributed by atoms with Crippen molar-refractivity contribution in [1.29, 1.82) is 0 Å². The number of urea groups is 1. The Bertz CT molecular complexity index is 520. The molecule has 1 unspecified atom stereocenters. The van der Waals surface area contributed by atoms with Crippen molar-refractivity contribution in [3.8, 4) is 0 Å². The van der Waals surface area contributed by atoms with Crippen LogP contribution < -0.4 is 10.6 Å². The number of carbonyl (C=O) groups excluding carboxylic acids is 1. The van der Waals surface area contributed by atoms with E-state index in [1.54, 1.807) is 0 Å². The SMILES string of the molecule is CC(C)COCC(O)CNC(=O)NCC1(C)Cc2ccccc2C1. The number of ether oxygens (including phenoxy) is 1. The predicted octanol–water partition coefficient (Wildman–Crippen LogP) is 2.12. The smallest absolute Gasteiger partial charge is 0.314 e. The van der Waals surface area contributed by atoms with Gasteiger partial charge in [-0.15, -0.1) is 0 Å². The molecule has 0 bridgehead atoms. The second-order valence-electron chi connectivity index (χ2n) is 7.58. The Balaban J connectivity index is 1.65. The summed E-state index contributed by atoms with van der Waals surface area (Å²) in [5.41, 5.74) is 2.81. The van der Waals surface area contributed by atoms with Crippen molar-refractivity contribution < 1.29 is 14.6 Å². The fraction of sp³-hybridized carbons (Fsp3) is 0.632. The maximum atomic E-state index is 11.9. The van der Waals surface area contributed by atoms with E-state index in [0.29, 0.717) is 19.1 Å². The minimum absolute atomic E-state index is 0.0556. The second kappa shape index (κ2) is 8.49. The number of hydrogen-bond donors (Lipinski definition) is 3. The zero-order valence-electron chi connectivity index (χ0n) is 15.0. The van der Waals surface area contributed by atoms with Crippen molar-refractivity contribution in [2.45, 2.75) is 39.7 Å². The Kier molecular flexibility index (Phi) is 6.63. The van der Waals surface area contributed by atoms with Crippen LogP contribution in [0.4, 0.5) is 4.79 Å². The third kappa shape index (κ3) is 5.80. The van der Waals surface area contributed by atoms with Crippen molar-refractivity contribution in [2.75, 3.05) is 26.3 Å². The van der Waals surface area contributed by atoms with Gasteiger partial charge in [-0.1, -0.05) is 45.0 Å². The Labute approximate surface area is 144 Å². The van der Waals surface area contributed by atoms with Crippen LogP contribution in [-0.2, 0) is 17.6 Å². The van der Waals surface area contributed by atoms with Gasteiger partial charge in [0.25, 0.3) is 0 Å². The van der Waals surface area contributed by atoms with Crippen LogP contribution in [0.15, 0.2) is 24.3 Å². The molecule has 24 heavy (non-hydrogen) atoms. The highest BCUT2D eigenvalue weighted by Crippen LogP contribution is 2.35. The Morgan fingerprint density at radius 2 is 1.83 bits per heavy atom. The number of carbonyl (C=O) groups is 1. The van der Waals surface area contributed by atoms with Gasteiger partial charge >= 0.3 is 6.03 Å². The van der Waals surface area contributed by atoms with Crippen LogP contribution in [0.5, 0.6) is 0 Å². The first-order valence-corrected chi connectivity index (χ1v) is 8.72. The fourth-order valence-electron chi connectivity index (χ4n) is 3.07. The normalized spacial score (nSPS) is 16.7. The number of hydrogen-bond acceptors (Lipinski definition) is 3. The van der Waals surface area contributed by atoms with Crippen LogP contribution in [0.2, 0.25) is 0 Å². The highest BCUT2D eigenvalue weighted by molar-refractivity contribution is 5.73. The monoisotopic (exact) mass is 334 g/mol. The third-order valence-electron chi connectivity index (χ3n) is 4.29. The third-order valence-corrected chi connectivity index (χ3v) is 4.29. The van der Waals surface area contributed by atoms with Gasteiger partial charge in [0.2, 0.25) is 0 Å². The van der Waals surface area contributed by atoms with Gasteiger partial charge in [0.15, 0.2) is 0 Å². The average molecular weight is 334 g/mol. The number of amides is 2. The second-order valence-corrected chi connectivity index (χ2v) is 7.58. The van der Waals surface area contributed by atoms with Crippen LogP contribution in [0, 0.1) is 11.3 Å².